The molecule has 0 aliphatic carbocycles. The highest BCUT2D eigenvalue weighted by molar-refractivity contribution is 6.33. The summed E-state index contributed by atoms with van der Waals surface area (Å²) in [4.78, 5) is 58.7. The number of hydrazine groups is 1. The average molecular weight is 461 g/mol. The van der Waals surface area contributed by atoms with Crippen LogP contribution in [0, 0.1) is 16.0 Å². The van der Waals surface area contributed by atoms with E-state index in [4.69, 9.17) is 16.3 Å². The summed E-state index contributed by atoms with van der Waals surface area (Å²) in [6.07, 6.45) is -0.203. The number of carbonyl (C=O) groups excluding carboxylic acids is 4. The second-order valence-electron chi connectivity index (χ2n) is 6.79. The van der Waals surface area contributed by atoms with Gasteiger partial charge in [0.05, 0.1) is 28.1 Å². The van der Waals surface area contributed by atoms with Gasteiger partial charge in [-0.25, -0.2) is 0 Å². The summed E-state index contributed by atoms with van der Waals surface area (Å²) in [5, 5.41) is 14.5. The van der Waals surface area contributed by atoms with Crippen LogP contribution in [0.3, 0.4) is 0 Å². The molecule has 3 rings (SSSR count). The van der Waals surface area contributed by atoms with Crippen molar-refractivity contribution in [3.05, 3.63) is 69.2 Å². The predicted molar refractivity (Wildman–Crippen MR) is 111 cm³/mol. The number of para-hydroxylation sites is 1. The Kier molecular flexibility index (Phi) is 7.00. The van der Waals surface area contributed by atoms with Crippen LogP contribution < -0.4 is 10.7 Å². The van der Waals surface area contributed by atoms with E-state index in [1.165, 1.54) is 12.1 Å². The van der Waals surface area contributed by atoms with E-state index in [0.29, 0.717) is 10.7 Å². The van der Waals surface area contributed by atoms with Gasteiger partial charge in [-0.1, -0.05) is 23.7 Å². The fourth-order valence-electron chi connectivity index (χ4n) is 2.90. The van der Waals surface area contributed by atoms with Crippen molar-refractivity contribution in [2.45, 2.75) is 6.42 Å². The van der Waals surface area contributed by atoms with E-state index in [0.717, 1.165) is 17.1 Å². The Morgan fingerprint density at radius 3 is 2.50 bits per heavy atom. The molecule has 0 bridgehead atoms. The molecule has 2 aromatic rings. The number of esters is 1. The van der Waals surface area contributed by atoms with Gasteiger partial charge in [-0.3, -0.25) is 39.7 Å². The van der Waals surface area contributed by atoms with Gasteiger partial charge in [-0.15, -0.1) is 0 Å². The molecule has 0 aromatic heterocycles. The van der Waals surface area contributed by atoms with Crippen LogP contribution in [0.1, 0.15) is 16.8 Å². The first-order chi connectivity index (χ1) is 15.2. The largest absolute Gasteiger partial charge is 0.455 e. The molecule has 1 saturated heterocycles. The third-order valence-corrected chi connectivity index (χ3v) is 4.86. The van der Waals surface area contributed by atoms with E-state index in [-0.39, 0.29) is 24.2 Å². The second-order valence-corrected chi connectivity index (χ2v) is 7.19. The minimum atomic E-state index is -0.868. The van der Waals surface area contributed by atoms with Crippen LogP contribution in [0.25, 0.3) is 0 Å². The molecule has 11 nitrogen and oxygen atoms in total. The molecule has 1 aliphatic heterocycles. The summed E-state index contributed by atoms with van der Waals surface area (Å²) in [6, 6.07) is 11.4. The third-order valence-electron chi connectivity index (χ3n) is 4.53. The number of nitrogens with zero attached hydrogens (tertiary/aromatic N) is 2. The van der Waals surface area contributed by atoms with Crippen LogP contribution in [0.5, 0.6) is 0 Å². The number of rotatable bonds is 7. The van der Waals surface area contributed by atoms with Crippen LogP contribution in [0.4, 0.5) is 11.4 Å². The first kappa shape index (κ1) is 22.7. The number of carbonyl (C=O) groups is 4. The number of nitro benzene ring substituents is 1. The molecule has 1 aliphatic rings. The van der Waals surface area contributed by atoms with Crippen molar-refractivity contribution in [2.75, 3.05) is 18.5 Å². The Morgan fingerprint density at radius 1 is 1.16 bits per heavy atom. The van der Waals surface area contributed by atoms with Crippen molar-refractivity contribution < 1.29 is 28.8 Å². The molecule has 166 valence electrons. The maximum absolute atomic E-state index is 12.3. The maximum Gasteiger partial charge on any atom is 0.311 e. The standard InChI is InChI=1S/C20H17ClN4O7/c21-15-3-1-2-4-16(15)22-17(26)11-32-20(29)13-9-18(27)24(10-13)23-19(28)12-5-7-14(8-6-12)25(30)31/h1-8,13H,9-11H2,(H,22,26)(H,23,28)/t13-/m0/s1. The number of amides is 3. The number of ether oxygens (including phenoxy) is 1. The molecular formula is C20H17ClN4O7. The molecule has 0 saturated carbocycles. The molecule has 12 heteroatoms. The van der Waals surface area contributed by atoms with Crippen molar-refractivity contribution in [1.29, 1.82) is 0 Å². The zero-order valence-corrected chi connectivity index (χ0v) is 17.2. The lowest BCUT2D eigenvalue weighted by Gasteiger charge is -2.17. The van der Waals surface area contributed by atoms with Crippen molar-refractivity contribution >= 4 is 46.7 Å². The van der Waals surface area contributed by atoms with Crippen LogP contribution >= 0.6 is 11.6 Å². The minimum absolute atomic E-state index is 0.102. The van der Waals surface area contributed by atoms with Gasteiger partial charge in [0, 0.05) is 24.1 Å². The quantitative estimate of drug-likeness (QED) is 0.364. The molecule has 0 radical (unpaired) electrons. The molecule has 3 amide bonds. The summed E-state index contributed by atoms with van der Waals surface area (Å²) in [5.74, 6) is -3.41. The lowest BCUT2D eigenvalue weighted by atomic mass is 10.1. The van der Waals surface area contributed by atoms with E-state index in [9.17, 15) is 29.3 Å². The first-order valence-electron chi connectivity index (χ1n) is 9.31. The third kappa shape index (κ3) is 5.58. The number of non-ortho nitro benzene ring substituents is 1. The average Bonchev–Trinajstić information content (AvgIpc) is 3.14. The van der Waals surface area contributed by atoms with Gasteiger partial charge in [-0.05, 0) is 24.3 Å². The van der Waals surface area contributed by atoms with Crippen LogP contribution in [0.2, 0.25) is 5.02 Å². The van der Waals surface area contributed by atoms with Gasteiger partial charge in [0.25, 0.3) is 17.5 Å². The molecule has 1 atom stereocenters. The van der Waals surface area contributed by atoms with Gasteiger partial charge in [-0.2, -0.15) is 0 Å². The summed E-state index contributed by atoms with van der Waals surface area (Å²) in [6.45, 7) is -0.702. The van der Waals surface area contributed by atoms with Crippen molar-refractivity contribution in [3.8, 4) is 0 Å². The number of halogens is 1. The summed E-state index contributed by atoms with van der Waals surface area (Å²) in [7, 11) is 0. The molecule has 0 spiro atoms. The van der Waals surface area contributed by atoms with Crippen LogP contribution in [-0.2, 0) is 19.1 Å². The fraction of sp³-hybridized carbons (Fsp3) is 0.200. The van der Waals surface area contributed by atoms with Crippen LogP contribution in [-0.4, -0.2) is 46.8 Å². The zero-order valence-electron chi connectivity index (χ0n) is 16.4. The second kappa shape index (κ2) is 9.88. The van der Waals surface area contributed by atoms with E-state index >= 15 is 0 Å². The maximum atomic E-state index is 12.3. The molecular weight excluding hydrogens is 444 g/mol. The van der Waals surface area contributed by atoms with Gasteiger partial charge in [0.15, 0.2) is 6.61 Å². The number of hydrogen-bond donors (Lipinski definition) is 2. The monoisotopic (exact) mass is 460 g/mol. The van der Waals surface area contributed by atoms with E-state index < -0.39 is 41.1 Å². The first-order valence-corrected chi connectivity index (χ1v) is 9.69. The Morgan fingerprint density at radius 2 is 1.84 bits per heavy atom. The molecule has 1 fully saturated rings. The van der Waals surface area contributed by atoms with Gasteiger partial charge in [0.1, 0.15) is 0 Å². The summed E-state index contributed by atoms with van der Waals surface area (Å²) in [5.41, 5.74) is 2.64. The summed E-state index contributed by atoms with van der Waals surface area (Å²) < 4.78 is 4.97. The Balaban J connectivity index is 1.49. The van der Waals surface area contributed by atoms with Gasteiger partial charge < -0.3 is 10.1 Å². The van der Waals surface area contributed by atoms with E-state index in [1.807, 2.05) is 0 Å². The zero-order chi connectivity index (χ0) is 23.3. The van der Waals surface area contributed by atoms with Gasteiger partial charge in [0.2, 0.25) is 5.91 Å². The summed E-state index contributed by atoms with van der Waals surface area (Å²) >= 11 is 5.94. The van der Waals surface area contributed by atoms with Crippen molar-refractivity contribution in [3.63, 3.8) is 0 Å². The Bertz CT molecular complexity index is 1070. The van der Waals surface area contributed by atoms with E-state index in [2.05, 4.69) is 10.7 Å². The van der Waals surface area contributed by atoms with Crippen molar-refractivity contribution in [2.24, 2.45) is 5.92 Å². The number of nitro groups is 1. The lowest BCUT2D eigenvalue weighted by Crippen LogP contribution is -2.43. The minimum Gasteiger partial charge on any atom is -0.455 e. The molecule has 32 heavy (non-hydrogen) atoms. The molecule has 2 N–H and O–H groups in total. The number of nitrogens with one attached hydrogen (secondary N) is 2. The normalized spacial score (nSPS) is 15.2. The Hall–Kier alpha value is -3.99. The molecule has 1 heterocycles. The van der Waals surface area contributed by atoms with Crippen LogP contribution in [0.15, 0.2) is 48.5 Å². The highest BCUT2D eigenvalue weighted by atomic mass is 35.5. The Labute approximate surface area is 186 Å². The topological polar surface area (TPSA) is 148 Å². The number of hydrogen-bond acceptors (Lipinski definition) is 7. The highest BCUT2D eigenvalue weighted by Crippen LogP contribution is 2.21. The van der Waals surface area contributed by atoms with Crippen molar-refractivity contribution in [1.82, 2.24) is 10.4 Å². The number of anilines is 1. The predicted octanol–water partition coefficient (Wildman–Crippen LogP) is 1.92. The van der Waals surface area contributed by atoms with E-state index in [1.54, 1.807) is 24.3 Å². The fourth-order valence-corrected chi connectivity index (χ4v) is 3.08. The molecule has 2 aromatic carbocycles. The SMILES string of the molecule is O=C(COC(=O)[C@H]1CC(=O)N(NC(=O)c2ccc([N+](=O)[O-])cc2)C1)Nc1ccccc1Cl. The highest BCUT2D eigenvalue weighted by Gasteiger charge is 2.36. The lowest BCUT2D eigenvalue weighted by molar-refractivity contribution is -0.384. The smallest absolute Gasteiger partial charge is 0.311 e. The molecule has 0 unspecified atom stereocenters. The number of benzene rings is 2. The van der Waals surface area contributed by atoms with Gasteiger partial charge >= 0.3 is 5.97 Å².